The zero-order chi connectivity index (χ0) is 13.2. The Morgan fingerprint density at radius 3 is 2.95 bits per heavy atom. The van der Waals surface area contributed by atoms with Crippen LogP contribution in [0.1, 0.15) is 0 Å². The minimum absolute atomic E-state index is 0.501. The highest BCUT2D eigenvalue weighted by atomic mass is 16.6. The number of nitrogens with zero attached hydrogens (tertiary/aromatic N) is 2. The van der Waals surface area contributed by atoms with Crippen molar-refractivity contribution in [2.45, 2.75) is 0 Å². The van der Waals surface area contributed by atoms with Gasteiger partial charge in [-0.05, 0) is 34.6 Å². The summed E-state index contributed by atoms with van der Waals surface area (Å²) in [6, 6.07) is 11.2. The summed E-state index contributed by atoms with van der Waals surface area (Å²) in [5, 5.41) is 10.7. The highest BCUT2D eigenvalue weighted by Gasteiger charge is 2.09. The molecule has 6 heteroatoms. The van der Waals surface area contributed by atoms with Gasteiger partial charge in [-0.1, -0.05) is 6.07 Å². The van der Waals surface area contributed by atoms with E-state index in [1.54, 1.807) is 13.2 Å². The molecule has 96 valence electrons. The minimum atomic E-state index is 0.501. The molecular formula is C13H12N4O2. The van der Waals surface area contributed by atoms with Gasteiger partial charge in [-0.25, -0.2) is 4.63 Å². The lowest BCUT2D eigenvalue weighted by Gasteiger charge is -2.10. The number of hydrogen-bond donors (Lipinski definition) is 2. The lowest BCUT2D eigenvalue weighted by Crippen LogP contribution is -1.97. The summed E-state index contributed by atoms with van der Waals surface area (Å²) >= 11 is 0. The molecule has 19 heavy (non-hydrogen) atoms. The normalized spacial score (nSPS) is 10.6. The standard InChI is InChI=1S/C13H12N4O2/c1-18-9-4-2-3-8(7-9)15-10-5-6-11-13(12(10)14)17-19-16-11/h2-7,15H,14H2,1H3. The van der Waals surface area contributed by atoms with Crippen molar-refractivity contribution in [1.29, 1.82) is 0 Å². The van der Waals surface area contributed by atoms with E-state index >= 15 is 0 Å². The fourth-order valence-corrected chi connectivity index (χ4v) is 1.84. The third kappa shape index (κ3) is 2.03. The summed E-state index contributed by atoms with van der Waals surface area (Å²) in [7, 11) is 1.63. The Labute approximate surface area is 109 Å². The van der Waals surface area contributed by atoms with Gasteiger partial charge in [0.15, 0.2) is 5.52 Å². The average molecular weight is 256 g/mol. The van der Waals surface area contributed by atoms with Crippen molar-refractivity contribution in [3.05, 3.63) is 36.4 Å². The molecule has 2 aromatic carbocycles. The number of anilines is 3. The van der Waals surface area contributed by atoms with Crippen LogP contribution in [-0.4, -0.2) is 17.4 Å². The van der Waals surface area contributed by atoms with E-state index in [1.807, 2.05) is 30.3 Å². The summed E-state index contributed by atoms with van der Waals surface area (Å²) in [4.78, 5) is 0. The number of fused-ring (bicyclic) bond motifs is 1. The first kappa shape index (κ1) is 11.3. The van der Waals surface area contributed by atoms with E-state index in [2.05, 4.69) is 20.3 Å². The van der Waals surface area contributed by atoms with Crippen LogP contribution in [0.4, 0.5) is 17.1 Å². The molecule has 3 rings (SSSR count). The van der Waals surface area contributed by atoms with Crippen LogP contribution in [0.15, 0.2) is 41.0 Å². The van der Waals surface area contributed by atoms with Crippen LogP contribution in [0.3, 0.4) is 0 Å². The van der Waals surface area contributed by atoms with Gasteiger partial charge >= 0.3 is 0 Å². The quantitative estimate of drug-likeness (QED) is 0.700. The van der Waals surface area contributed by atoms with Crippen molar-refractivity contribution in [3.8, 4) is 5.75 Å². The Hall–Kier alpha value is -2.76. The second kappa shape index (κ2) is 4.49. The van der Waals surface area contributed by atoms with Crippen LogP contribution in [0.25, 0.3) is 11.0 Å². The first-order valence-corrected chi connectivity index (χ1v) is 5.70. The maximum absolute atomic E-state index is 6.03. The Morgan fingerprint density at radius 1 is 1.21 bits per heavy atom. The maximum Gasteiger partial charge on any atom is 0.160 e. The molecule has 0 atom stereocenters. The molecule has 1 heterocycles. The molecule has 0 radical (unpaired) electrons. The van der Waals surface area contributed by atoms with Crippen LogP contribution < -0.4 is 15.8 Å². The molecule has 6 nitrogen and oxygen atoms in total. The minimum Gasteiger partial charge on any atom is -0.497 e. The lowest BCUT2D eigenvalue weighted by molar-refractivity contribution is 0.315. The van der Waals surface area contributed by atoms with Gasteiger partial charge in [0.05, 0.1) is 18.5 Å². The fraction of sp³-hybridized carbons (Fsp3) is 0.0769. The molecule has 0 amide bonds. The van der Waals surface area contributed by atoms with Crippen molar-refractivity contribution >= 4 is 28.1 Å². The van der Waals surface area contributed by atoms with Gasteiger partial charge in [-0.2, -0.15) is 0 Å². The monoisotopic (exact) mass is 256 g/mol. The Bertz CT molecular complexity index is 723. The largest absolute Gasteiger partial charge is 0.497 e. The molecule has 0 aliphatic rings. The second-order valence-corrected chi connectivity index (χ2v) is 4.02. The molecule has 0 aliphatic carbocycles. The number of nitrogens with two attached hydrogens (primary N) is 1. The summed E-state index contributed by atoms with van der Waals surface area (Å²) in [6.45, 7) is 0. The fourth-order valence-electron chi connectivity index (χ4n) is 1.84. The summed E-state index contributed by atoms with van der Waals surface area (Å²) in [6.07, 6.45) is 0. The Kier molecular flexibility index (Phi) is 2.68. The van der Waals surface area contributed by atoms with E-state index in [0.717, 1.165) is 17.1 Å². The van der Waals surface area contributed by atoms with E-state index in [0.29, 0.717) is 16.7 Å². The van der Waals surface area contributed by atoms with E-state index in [1.165, 1.54) is 0 Å². The zero-order valence-electron chi connectivity index (χ0n) is 10.3. The van der Waals surface area contributed by atoms with Gasteiger partial charge in [0, 0.05) is 11.8 Å². The van der Waals surface area contributed by atoms with Gasteiger partial charge in [0.2, 0.25) is 0 Å². The number of ether oxygens (including phenoxy) is 1. The maximum atomic E-state index is 6.03. The molecule has 0 saturated heterocycles. The number of methoxy groups -OCH3 is 1. The van der Waals surface area contributed by atoms with Crippen molar-refractivity contribution in [3.63, 3.8) is 0 Å². The summed E-state index contributed by atoms with van der Waals surface area (Å²) in [5.41, 5.74) is 9.33. The molecule has 0 spiro atoms. The number of nitrogens with one attached hydrogen (secondary N) is 1. The molecule has 3 aromatic rings. The lowest BCUT2D eigenvalue weighted by atomic mass is 10.2. The van der Waals surface area contributed by atoms with Crippen molar-refractivity contribution in [2.24, 2.45) is 0 Å². The molecule has 3 N–H and O–H groups in total. The van der Waals surface area contributed by atoms with Crippen LogP contribution in [-0.2, 0) is 0 Å². The highest BCUT2D eigenvalue weighted by Crippen LogP contribution is 2.29. The number of hydrogen-bond acceptors (Lipinski definition) is 6. The van der Waals surface area contributed by atoms with E-state index < -0.39 is 0 Å². The predicted molar refractivity (Wildman–Crippen MR) is 72.5 cm³/mol. The van der Waals surface area contributed by atoms with E-state index in [9.17, 15) is 0 Å². The molecule has 0 bridgehead atoms. The van der Waals surface area contributed by atoms with Crippen LogP contribution in [0.5, 0.6) is 5.75 Å². The third-order valence-corrected chi connectivity index (χ3v) is 2.82. The number of nitrogen functional groups attached to an aromatic ring is 1. The number of rotatable bonds is 3. The van der Waals surface area contributed by atoms with Gasteiger partial charge in [-0.15, -0.1) is 0 Å². The summed E-state index contributed by atoms with van der Waals surface area (Å²) in [5.74, 6) is 0.771. The number of benzene rings is 2. The van der Waals surface area contributed by atoms with E-state index in [4.69, 9.17) is 10.5 Å². The first-order chi connectivity index (χ1) is 9.28. The van der Waals surface area contributed by atoms with Crippen LogP contribution >= 0.6 is 0 Å². The van der Waals surface area contributed by atoms with Crippen LogP contribution in [0, 0.1) is 0 Å². The second-order valence-electron chi connectivity index (χ2n) is 4.02. The summed E-state index contributed by atoms with van der Waals surface area (Å²) < 4.78 is 9.83. The predicted octanol–water partition coefficient (Wildman–Crippen LogP) is 2.56. The molecule has 1 aromatic heterocycles. The zero-order valence-corrected chi connectivity index (χ0v) is 10.3. The van der Waals surface area contributed by atoms with Crippen molar-refractivity contribution in [2.75, 3.05) is 18.2 Å². The average Bonchev–Trinajstić information content (AvgIpc) is 2.91. The van der Waals surface area contributed by atoms with Gasteiger partial charge in [0.1, 0.15) is 11.3 Å². The molecule has 0 fully saturated rings. The third-order valence-electron chi connectivity index (χ3n) is 2.82. The van der Waals surface area contributed by atoms with E-state index in [-0.39, 0.29) is 0 Å². The Morgan fingerprint density at radius 2 is 2.11 bits per heavy atom. The molecule has 0 aliphatic heterocycles. The topological polar surface area (TPSA) is 86.2 Å². The van der Waals surface area contributed by atoms with Gasteiger partial charge in [-0.3, -0.25) is 0 Å². The molecule has 0 saturated carbocycles. The highest BCUT2D eigenvalue weighted by molar-refractivity contribution is 5.94. The first-order valence-electron chi connectivity index (χ1n) is 5.70. The van der Waals surface area contributed by atoms with Crippen molar-refractivity contribution < 1.29 is 9.37 Å². The SMILES string of the molecule is COc1cccc(Nc2ccc3nonc3c2N)c1. The molecular weight excluding hydrogens is 244 g/mol. The number of aromatic nitrogens is 2. The smallest absolute Gasteiger partial charge is 0.160 e. The van der Waals surface area contributed by atoms with Crippen molar-refractivity contribution in [1.82, 2.24) is 10.3 Å². The van der Waals surface area contributed by atoms with Gasteiger partial charge < -0.3 is 15.8 Å². The van der Waals surface area contributed by atoms with Gasteiger partial charge in [0.25, 0.3) is 0 Å². The Balaban J connectivity index is 1.98. The van der Waals surface area contributed by atoms with Crippen LogP contribution in [0.2, 0.25) is 0 Å². The molecule has 0 unspecified atom stereocenters.